The van der Waals surface area contributed by atoms with Gasteiger partial charge in [-0.25, -0.2) is 21.5 Å². The third-order valence-electron chi connectivity index (χ3n) is 8.11. The van der Waals surface area contributed by atoms with Crippen LogP contribution in [0.1, 0.15) is 25.7 Å². The van der Waals surface area contributed by atoms with Gasteiger partial charge in [-0.1, -0.05) is 0 Å². The molecule has 3 aliphatic rings. The molecule has 1 atom stereocenters. The highest BCUT2D eigenvalue weighted by molar-refractivity contribution is 7.89. The number of pyridine rings is 1. The highest BCUT2D eigenvalue weighted by Crippen LogP contribution is 2.33. The van der Waals surface area contributed by atoms with Crippen molar-refractivity contribution in [2.45, 2.75) is 55.5 Å². The average molecular weight is 574 g/mol. The number of hydrogen-bond acceptors (Lipinski definition) is 10. The van der Waals surface area contributed by atoms with Crippen LogP contribution >= 0.6 is 0 Å². The monoisotopic (exact) mass is 573 g/mol. The number of anilines is 2. The number of sulfonamides is 1. The second-order valence-electron chi connectivity index (χ2n) is 10.8. The second kappa shape index (κ2) is 12.7. The van der Waals surface area contributed by atoms with Gasteiger partial charge in [0.25, 0.3) is 0 Å². The second-order valence-corrected chi connectivity index (χ2v) is 13.1. The highest BCUT2D eigenvalue weighted by atomic mass is 32.2. The normalized spacial score (nSPS) is 25.3. The number of amides is 1. The van der Waals surface area contributed by atoms with Crippen molar-refractivity contribution in [2.75, 3.05) is 63.6 Å². The van der Waals surface area contributed by atoms with Crippen molar-refractivity contribution in [2.24, 2.45) is 17.4 Å². The number of piperidine rings is 2. The van der Waals surface area contributed by atoms with Crippen LogP contribution in [-0.4, -0.2) is 112 Å². The van der Waals surface area contributed by atoms with Crippen molar-refractivity contribution in [3.8, 4) is 0 Å². The van der Waals surface area contributed by atoms with E-state index in [0.29, 0.717) is 25.9 Å². The number of alkyl halides is 1. The molecule has 4 heterocycles. The van der Waals surface area contributed by atoms with Gasteiger partial charge in [-0.15, -0.1) is 0 Å². The van der Waals surface area contributed by atoms with E-state index in [0.717, 1.165) is 32.1 Å². The molecule has 7 N–H and O–H groups in total. The molecular weight excluding hydrogens is 532 g/mol. The van der Waals surface area contributed by atoms with Crippen LogP contribution in [0.4, 0.5) is 20.2 Å². The van der Waals surface area contributed by atoms with Gasteiger partial charge in [0.15, 0.2) is 5.82 Å². The molecule has 0 aliphatic carbocycles. The van der Waals surface area contributed by atoms with E-state index in [1.165, 1.54) is 10.5 Å². The summed E-state index contributed by atoms with van der Waals surface area (Å²) >= 11 is 0. The maximum Gasteiger partial charge on any atom is 0.233 e. The van der Waals surface area contributed by atoms with E-state index in [9.17, 15) is 17.6 Å². The topological polar surface area (TPSA) is 162 Å². The lowest BCUT2D eigenvalue weighted by Gasteiger charge is -2.39. The Labute approximate surface area is 228 Å². The summed E-state index contributed by atoms with van der Waals surface area (Å²) in [4.78, 5) is 21.0. The maximum absolute atomic E-state index is 15.1. The Balaban J connectivity index is 1.43. The highest BCUT2D eigenvalue weighted by Gasteiger charge is 2.39. The molecule has 0 saturated carbocycles. The van der Waals surface area contributed by atoms with Gasteiger partial charge in [0.05, 0.1) is 41.6 Å². The lowest BCUT2D eigenvalue weighted by Crippen LogP contribution is -2.64. The summed E-state index contributed by atoms with van der Waals surface area (Å²) in [6.07, 6.45) is 1.80. The first-order valence-electron chi connectivity index (χ1n) is 13.5. The molecule has 0 radical (unpaired) electrons. The van der Waals surface area contributed by atoms with Crippen molar-refractivity contribution in [3.63, 3.8) is 0 Å². The van der Waals surface area contributed by atoms with Crippen LogP contribution in [0.25, 0.3) is 0 Å². The molecule has 39 heavy (non-hydrogen) atoms. The number of aromatic nitrogens is 1. The number of hydrogen-bond donors (Lipinski definition) is 5. The molecule has 15 heteroatoms. The quantitative estimate of drug-likeness (QED) is 0.249. The lowest BCUT2D eigenvalue weighted by molar-refractivity contribution is -0.122. The zero-order valence-corrected chi connectivity index (χ0v) is 23.3. The van der Waals surface area contributed by atoms with E-state index in [1.807, 2.05) is 7.05 Å². The van der Waals surface area contributed by atoms with Gasteiger partial charge in [0.2, 0.25) is 15.9 Å². The van der Waals surface area contributed by atoms with Crippen LogP contribution in [-0.2, 0) is 14.8 Å². The van der Waals surface area contributed by atoms with Gasteiger partial charge < -0.3 is 26.6 Å². The van der Waals surface area contributed by atoms with Crippen LogP contribution in [0.5, 0.6) is 0 Å². The molecule has 3 saturated heterocycles. The molecule has 1 aromatic heterocycles. The fourth-order valence-corrected chi connectivity index (χ4v) is 7.60. The SMILES string of the molecule is CN1CCC(N(C)S(=O)(=O)C2CCN(c3c(F)cncc3NC(=O)C(C(N)N)C3NCC(F)CN3)CC2)CC1. The fourth-order valence-electron chi connectivity index (χ4n) is 5.69. The molecule has 4 rings (SSSR count). The summed E-state index contributed by atoms with van der Waals surface area (Å²) in [5.74, 6) is -2.18. The zero-order chi connectivity index (χ0) is 28.3. The van der Waals surface area contributed by atoms with Crippen LogP contribution in [0.2, 0.25) is 0 Å². The Hall–Kier alpha value is -2.01. The van der Waals surface area contributed by atoms with Crippen molar-refractivity contribution in [1.82, 2.24) is 24.8 Å². The number of nitrogens with one attached hydrogen (secondary N) is 3. The number of halogens is 2. The summed E-state index contributed by atoms with van der Waals surface area (Å²) in [7, 11) is 0.178. The first-order chi connectivity index (χ1) is 18.5. The van der Waals surface area contributed by atoms with Gasteiger partial charge in [0, 0.05) is 39.3 Å². The Morgan fingerprint density at radius 1 is 1.13 bits per heavy atom. The summed E-state index contributed by atoms with van der Waals surface area (Å²) in [5, 5.41) is 7.91. The number of rotatable bonds is 8. The lowest BCUT2D eigenvalue weighted by atomic mass is 9.99. The van der Waals surface area contributed by atoms with E-state index in [4.69, 9.17) is 11.5 Å². The van der Waals surface area contributed by atoms with Gasteiger partial charge in [-0.05, 0) is 45.8 Å². The summed E-state index contributed by atoms with van der Waals surface area (Å²) in [6.45, 7) is 2.39. The summed E-state index contributed by atoms with van der Waals surface area (Å²) in [6, 6.07) is -0.0190. The van der Waals surface area contributed by atoms with Gasteiger partial charge >= 0.3 is 0 Å². The third kappa shape index (κ3) is 6.84. The van der Waals surface area contributed by atoms with Gasteiger partial charge in [0.1, 0.15) is 11.9 Å². The van der Waals surface area contributed by atoms with Crippen molar-refractivity contribution in [1.29, 1.82) is 0 Å². The molecule has 1 amide bonds. The number of likely N-dealkylation sites (tertiary alicyclic amines) is 1. The third-order valence-corrected chi connectivity index (χ3v) is 10.5. The molecule has 220 valence electrons. The summed E-state index contributed by atoms with van der Waals surface area (Å²) in [5.41, 5.74) is 12.0. The van der Waals surface area contributed by atoms with Crippen LogP contribution in [0.15, 0.2) is 12.4 Å². The Morgan fingerprint density at radius 2 is 1.74 bits per heavy atom. The Bertz CT molecular complexity index is 1090. The molecule has 1 aromatic rings. The molecule has 12 nitrogen and oxygen atoms in total. The first kappa shape index (κ1) is 30.0. The Morgan fingerprint density at radius 3 is 2.33 bits per heavy atom. The standard InChI is InChI=1S/C24H41F2N9O3S/c1-33-7-3-16(4-8-33)34(2)39(37,38)17-5-9-35(10-6-17)21-18(26)13-29-14-19(21)32-24(36)20(22(27)28)23-30-11-15(25)12-31-23/h13-17,20,22-23,30-31H,3-12,27-28H2,1-2H3,(H,32,36). The molecule has 0 spiro atoms. The number of nitrogens with two attached hydrogens (primary N) is 2. The van der Waals surface area contributed by atoms with Crippen LogP contribution in [0, 0.1) is 11.7 Å². The minimum atomic E-state index is -3.52. The van der Waals surface area contributed by atoms with Gasteiger partial charge in [-0.3, -0.25) is 20.4 Å². The van der Waals surface area contributed by atoms with E-state index >= 15 is 4.39 Å². The largest absolute Gasteiger partial charge is 0.367 e. The van der Waals surface area contributed by atoms with Crippen molar-refractivity contribution < 1.29 is 22.0 Å². The molecule has 3 fully saturated rings. The predicted molar refractivity (Wildman–Crippen MR) is 146 cm³/mol. The van der Waals surface area contributed by atoms with E-state index in [1.54, 1.807) is 11.9 Å². The molecular formula is C24H41F2N9O3S. The zero-order valence-electron chi connectivity index (χ0n) is 22.5. The maximum atomic E-state index is 15.1. The van der Waals surface area contributed by atoms with Crippen LogP contribution < -0.4 is 32.3 Å². The van der Waals surface area contributed by atoms with Crippen molar-refractivity contribution in [3.05, 3.63) is 18.2 Å². The summed E-state index contributed by atoms with van der Waals surface area (Å²) < 4.78 is 56.9. The molecule has 0 bridgehead atoms. The van der Waals surface area contributed by atoms with E-state index in [2.05, 4.69) is 25.8 Å². The number of carbonyl (C=O) groups excluding carboxylic acids is 1. The minimum absolute atomic E-state index is 0.0190. The smallest absolute Gasteiger partial charge is 0.233 e. The fraction of sp³-hybridized carbons (Fsp3) is 0.750. The number of nitrogens with zero attached hydrogens (tertiary/aromatic N) is 4. The van der Waals surface area contributed by atoms with Crippen molar-refractivity contribution >= 4 is 27.3 Å². The first-order valence-corrected chi connectivity index (χ1v) is 15.0. The van der Waals surface area contributed by atoms with Crippen LogP contribution in [0.3, 0.4) is 0 Å². The van der Waals surface area contributed by atoms with Gasteiger partial charge in [-0.2, -0.15) is 0 Å². The predicted octanol–water partition coefficient (Wildman–Crippen LogP) is -0.799. The number of carbonyl (C=O) groups is 1. The minimum Gasteiger partial charge on any atom is -0.367 e. The average Bonchev–Trinajstić information content (AvgIpc) is 2.90. The molecule has 0 aromatic carbocycles. The van der Waals surface area contributed by atoms with E-state index < -0.39 is 51.4 Å². The molecule has 1 unspecified atom stereocenters. The van der Waals surface area contributed by atoms with E-state index in [-0.39, 0.29) is 30.5 Å². The molecule has 3 aliphatic heterocycles. The Kier molecular flexibility index (Phi) is 9.73.